The molecule has 158 valence electrons. The van der Waals surface area contributed by atoms with Gasteiger partial charge in [-0.25, -0.2) is 9.07 Å². The van der Waals surface area contributed by atoms with E-state index in [4.69, 9.17) is 4.42 Å². The molecule has 30 heavy (non-hydrogen) atoms. The number of benzene rings is 1. The van der Waals surface area contributed by atoms with Gasteiger partial charge in [-0.2, -0.15) is 0 Å². The summed E-state index contributed by atoms with van der Waals surface area (Å²) >= 11 is 1.32. The molecule has 3 aromatic rings. The van der Waals surface area contributed by atoms with Crippen molar-refractivity contribution in [1.82, 2.24) is 25.1 Å². The van der Waals surface area contributed by atoms with E-state index in [9.17, 15) is 9.18 Å². The number of aromatic nitrogens is 4. The van der Waals surface area contributed by atoms with Crippen LogP contribution in [0.3, 0.4) is 0 Å². The lowest BCUT2D eigenvalue weighted by Gasteiger charge is -2.34. The van der Waals surface area contributed by atoms with E-state index in [0.717, 1.165) is 37.0 Å². The molecule has 0 radical (unpaired) electrons. The second-order valence-electron chi connectivity index (χ2n) is 7.43. The lowest BCUT2D eigenvalue weighted by molar-refractivity contribution is -0.132. The van der Waals surface area contributed by atoms with Gasteiger partial charge in [0, 0.05) is 12.6 Å². The molecule has 1 amide bonds. The van der Waals surface area contributed by atoms with Crippen molar-refractivity contribution < 1.29 is 13.6 Å². The van der Waals surface area contributed by atoms with Crippen LogP contribution in [-0.4, -0.2) is 42.8 Å². The average molecular weight is 430 g/mol. The Labute approximate surface area is 178 Å². The molecule has 0 atom stereocenters. The maximum absolute atomic E-state index is 13.3. The molecule has 9 heteroatoms. The lowest BCUT2D eigenvalue weighted by Crippen LogP contribution is -2.42. The van der Waals surface area contributed by atoms with E-state index in [2.05, 4.69) is 15.5 Å². The predicted octanol–water partition coefficient (Wildman–Crippen LogP) is 3.91. The molecule has 2 heterocycles. The van der Waals surface area contributed by atoms with Crippen molar-refractivity contribution in [2.45, 2.75) is 56.4 Å². The summed E-state index contributed by atoms with van der Waals surface area (Å²) in [7, 11) is 0. The highest BCUT2D eigenvalue weighted by molar-refractivity contribution is 7.99. The summed E-state index contributed by atoms with van der Waals surface area (Å²) < 4.78 is 20.3. The normalized spacial score (nSPS) is 14.7. The van der Waals surface area contributed by atoms with Crippen LogP contribution in [0.1, 0.15) is 43.4 Å². The van der Waals surface area contributed by atoms with E-state index in [-0.39, 0.29) is 23.5 Å². The quantitative estimate of drug-likeness (QED) is 0.506. The highest BCUT2D eigenvalue weighted by atomic mass is 32.2. The van der Waals surface area contributed by atoms with Crippen LogP contribution in [0.2, 0.25) is 0 Å². The SMILES string of the molecule is O=C(CSc1nnnn1Cc1ccco1)N(Cc1ccc(F)cc1)C1CCCCC1. The minimum Gasteiger partial charge on any atom is -0.467 e. The fraction of sp³-hybridized carbons (Fsp3) is 0.429. The number of hydrogen-bond donors (Lipinski definition) is 0. The standard InChI is InChI=1S/C21H24FN5O2S/c22-17-10-8-16(9-11-17)13-26(18-5-2-1-3-6-18)20(28)15-30-21-23-24-25-27(21)14-19-7-4-12-29-19/h4,7-12,18H,1-3,5-6,13-15H2. The molecular formula is C21H24FN5O2S. The summed E-state index contributed by atoms with van der Waals surface area (Å²) in [6.45, 7) is 0.903. The Morgan fingerprint density at radius 1 is 1.20 bits per heavy atom. The third-order valence-electron chi connectivity index (χ3n) is 5.31. The molecule has 0 aliphatic heterocycles. The van der Waals surface area contributed by atoms with Gasteiger partial charge in [-0.15, -0.1) is 5.10 Å². The first-order valence-electron chi connectivity index (χ1n) is 10.1. The second-order valence-corrected chi connectivity index (χ2v) is 8.37. The first-order valence-corrected chi connectivity index (χ1v) is 11.1. The number of carbonyl (C=O) groups is 1. The summed E-state index contributed by atoms with van der Waals surface area (Å²) in [5, 5.41) is 12.3. The van der Waals surface area contributed by atoms with Gasteiger partial charge in [-0.05, 0) is 53.1 Å². The van der Waals surface area contributed by atoms with Crippen molar-refractivity contribution in [3.63, 3.8) is 0 Å². The third kappa shape index (κ3) is 5.27. The van der Waals surface area contributed by atoms with Crippen LogP contribution < -0.4 is 0 Å². The topological polar surface area (TPSA) is 77.0 Å². The van der Waals surface area contributed by atoms with Crippen molar-refractivity contribution in [1.29, 1.82) is 0 Å². The van der Waals surface area contributed by atoms with Gasteiger partial charge in [-0.1, -0.05) is 43.2 Å². The molecule has 1 aliphatic rings. The maximum atomic E-state index is 13.3. The van der Waals surface area contributed by atoms with E-state index in [1.807, 2.05) is 17.0 Å². The summed E-state index contributed by atoms with van der Waals surface area (Å²) in [6, 6.07) is 10.3. The number of thioether (sulfide) groups is 1. The smallest absolute Gasteiger partial charge is 0.233 e. The zero-order valence-electron chi connectivity index (χ0n) is 16.6. The number of tetrazole rings is 1. The van der Waals surface area contributed by atoms with E-state index in [1.54, 1.807) is 23.1 Å². The number of rotatable bonds is 8. The number of furan rings is 1. The predicted molar refractivity (Wildman–Crippen MR) is 110 cm³/mol. The lowest BCUT2D eigenvalue weighted by atomic mass is 9.94. The number of amides is 1. The van der Waals surface area contributed by atoms with Gasteiger partial charge in [0.2, 0.25) is 11.1 Å². The Balaban J connectivity index is 1.42. The Bertz CT molecular complexity index is 939. The second kappa shape index (κ2) is 9.88. The maximum Gasteiger partial charge on any atom is 0.233 e. The summed E-state index contributed by atoms with van der Waals surface area (Å²) in [5.74, 6) is 0.767. The molecule has 4 rings (SSSR count). The molecule has 1 aromatic carbocycles. The number of halogens is 1. The molecule has 1 aliphatic carbocycles. The van der Waals surface area contributed by atoms with Crippen LogP contribution in [0, 0.1) is 5.82 Å². The fourth-order valence-electron chi connectivity index (χ4n) is 3.76. The zero-order chi connectivity index (χ0) is 20.8. The Morgan fingerprint density at radius 3 is 2.73 bits per heavy atom. The van der Waals surface area contributed by atoms with Gasteiger partial charge >= 0.3 is 0 Å². The molecule has 7 nitrogen and oxygen atoms in total. The Morgan fingerprint density at radius 2 is 2.00 bits per heavy atom. The first-order chi connectivity index (χ1) is 14.7. The molecule has 0 bridgehead atoms. The molecule has 2 aromatic heterocycles. The first kappa shape index (κ1) is 20.6. The molecule has 1 saturated carbocycles. The minimum absolute atomic E-state index is 0.0452. The molecule has 0 saturated heterocycles. The number of hydrogen-bond acceptors (Lipinski definition) is 6. The van der Waals surface area contributed by atoms with Gasteiger partial charge in [0.25, 0.3) is 0 Å². The van der Waals surface area contributed by atoms with E-state index in [1.165, 1.54) is 30.3 Å². The highest BCUT2D eigenvalue weighted by Crippen LogP contribution is 2.26. The molecule has 0 N–H and O–H groups in total. The van der Waals surface area contributed by atoms with Crippen molar-refractivity contribution in [3.8, 4) is 0 Å². The van der Waals surface area contributed by atoms with Crippen molar-refractivity contribution in [3.05, 3.63) is 59.8 Å². The third-order valence-corrected chi connectivity index (χ3v) is 6.25. The Kier molecular flexibility index (Phi) is 6.78. The molecule has 0 unspecified atom stereocenters. The van der Waals surface area contributed by atoms with Crippen LogP contribution in [0.5, 0.6) is 0 Å². The van der Waals surface area contributed by atoms with E-state index >= 15 is 0 Å². The highest BCUT2D eigenvalue weighted by Gasteiger charge is 2.26. The fourth-order valence-corrected chi connectivity index (χ4v) is 4.52. The monoisotopic (exact) mass is 429 g/mol. The van der Waals surface area contributed by atoms with Crippen LogP contribution >= 0.6 is 11.8 Å². The van der Waals surface area contributed by atoms with Crippen molar-refractivity contribution in [2.24, 2.45) is 0 Å². The van der Waals surface area contributed by atoms with Gasteiger partial charge in [0.1, 0.15) is 18.1 Å². The summed E-state index contributed by atoms with van der Waals surface area (Å²) in [4.78, 5) is 15.1. The number of nitrogens with zero attached hydrogens (tertiary/aromatic N) is 5. The van der Waals surface area contributed by atoms with Gasteiger partial charge in [-0.3, -0.25) is 4.79 Å². The largest absolute Gasteiger partial charge is 0.467 e. The molecular weight excluding hydrogens is 405 g/mol. The summed E-state index contributed by atoms with van der Waals surface area (Å²) in [6.07, 6.45) is 7.10. The van der Waals surface area contributed by atoms with Crippen LogP contribution in [0.15, 0.2) is 52.2 Å². The average Bonchev–Trinajstić information content (AvgIpc) is 3.45. The van der Waals surface area contributed by atoms with E-state index in [0.29, 0.717) is 18.2 Å². The molecule has 1 fully saturated rings. The minimum atomic E-state index is -0.270. The van der Waals surface area contributed by atoms with Crippen LogP contribution in [0.25, 0.3) is 0 Å². The molecule has 0 spiro atoms. The van der Waals surface area contributed by atoms with Crippen LogP contribution in [0.4, 0.5) is 4.39 Å². The Hall–Kier alpha value is -2.68. The van der Waals surface area contributed by atoms with E-state index < -0.39 is 0 Å². The van der Waals surface area contributed by atoms with Crippen molar-refractivity contribution in [2.75, 3.05) is 5.75 Å². The number of carbonyl (C=O) groups excluding carboxylic acids is 1. The van der Waals surface area contributed by atoms with Crippen molar-refractivity contribution >= 4 is 17.7 Å². The van der Waals surface area contributed by atoms with Crippen LogP contribution in [-0.2, 0) is 17.9 Å². The van der Waals surface area contributed by atoms with Gasteiger partial charge in [0.05, 0.1) is 12.0 Å². The zero-order valence-corrected chi connectivity index (χ0v) is 17.4. The van der Waals surface area contributed by atoms with Gasteiger partial charge < -0.3 is 9.32 Å². The summed E-state index contributed by atoms with van der Waals surface area (Å²) in [5.41, 5.74) is 0.933. The van der Waals surface area contributed by atoms with Gasteiger partial charge in [0.15, 0.2) is 0 Å².